The fraction of sp³-hybridized carbons (Fsp3) is 0.154. The van der Waals surface area contributed by atoms with Gasteiger partial charge in [-0.25, -0.2) is 0 Å². The molecule has 1 amide bonds. The molecule has 0 aromatic heterocycles. The fourth-order valence-corrected chi connectivity index (χ4v) is 3.94. The molecule has 1 unspecified atom stereocenters. The number of benzene rings is 3. The van der Waals surface area contributed by atoms with Gasteiger partial charge < -0.3 is 24.6 Å². The molecule has 33 heavy (non-hydrogen) atoms. The van der Waals surface area contributed by atoms with Crippen molar-refractivity contribution in [2.45, 2.75) is 12.6 Å². The Balaban J connectivity index is 1.87. The standard InChI is InChI=1S/C26H23NO6/c1-32-19-11-8-17(9-12-19)24(29)22-23(18-10-13-20(28)21(14-18)33-2)27(26(31)25(22)30)15-16-6-4-3-5-7-16/h3-14,23,28-29H,15H2,1-2H3/b24-22+. The van der Waals surface area contributed by atoms with E-state index in [2.05, 4.69) is 0 Å². The Hall–Kier alpha value is -4.26. The van der Waals surface area contributed by atoms with Crippen LogP contribution in [0.3, 0.4) is 0 Å². The lowest BCUT2D eigenvalue weighted by Gasteiger charge is -2.26. The number of aliphatic hydroxyl groups excluding tert-OH is 1. The van der Waals surface area contributed by atoms with Gasteiger partial charge in [0.15, 0.2) is 11.5 Å². The molecule has 0 bridgehead atoms. The van der Waals surface area contributed by atoms with Crippen LogP contribution in [-0.2, 0) is 16.1 Å². The van der Waals surface area contributed by atoms with Gasteiger partial charge in [0.2, 0.25) is 0 Å². The van der Waals surface area contributed by atoms with Crippen molar-refractivity contribution in [1.82, 2.24) is 4.90 Å². The normalized spacial score (nSPS) is 17.3. The summed E-state index contributed by atoms with van der Waals surface area (Å²) in [5.41, 5.74) is 1.70. The van der Waals surface area contributed by atoms with Crippen molar-refractivity contribution < 1.29 is 29.3 Å². The number of amides is 1. The summed E-state index contributed by atoms with van der Waals surface area (Å²) in [5.74, 6) is -1.07. The largest absolute Gasteiger partial charge is 0.507 e. The number of ether oxygens (including phenoxy) is 2. The Morgan fingerprint density at radius 3 is 2.27 bits per heavy atom. The third-order valence-corrected chi connectivity index (χ3v) is 5.62. The summed E-state index contributed by atoms with van der Waals surface area (Å²) in [6, 6.07) is 19.6. The molecule has 0 saturated carbocycles. The molecular formula is C26H23NO6. The number of methoxy groups -OCH3 is 2. The lowest BCUT2D eigenvalue weighted by atomic mass is 9.94. The van der Waals surface area contributed by atoms with Crippen LogP contribution in [0.15, 0.2) is 78.4 Å². The topological polar surface area (TPSA) is 96.3 Å². The van der Waals surface area contributed by atoms with Crippen LogP contribution in [0.25, 0.3) is 5.76 Å². The third kappa shape index (κ3) is 4.13. The summed E-state index contributed by atoms with van der Waals surface area (Å²) in [6.07, 6.45) is 0. The molecule has 1 aliphatic rings. The van der Waals surface area contributed by atoms with Crippen molar-refractivity contribution in [2.24, 2.45) is 0 Å². The van der Waals surface area contributed by atoms with Crippen LogP contribution in [0, 0.1) is 0 Å². The van der Waals surface area contributed by atoms with Gasteiger partial charge in [-0.05, 0) is 47.5 Å². The zero-order valence-corrected chi connectivity index (χ0v) is 18.2. The first-order chi connectivity index (χ1) is 15.9. The van der Waals surface area contributed by atoms with Crippen molar-refractivity contribution in [3.05, 3.63) is 95.1 Å². The molecule has 7 heteroatoms. The molecule has 1 atom stereocenters. The van der Waals surface area contributed by atoms with Gasteiger partial charge in [0.25, 0.3) is 11.7 Å². The smallest absolute Gasteiger partial charge is 0.295 e. The summed E-state index contributed by atoms with van der Waals surface area (Å²) in [5, 5.41) is 21.2. The Morgan fingerprint density at radius 1 is 0.939 bits per heavy atom. The Kier molecular flexibility index (Phi) is 6.04. The monoisotopic (exact) mass is 445 g/mol. The first-order valence-electron chi connectivity index (χ1n) is 10.3. The average Bonchev–Trinajstić information content (AvgIpc) is 3.09. The maximum atomic E-state index is 13.1. The average molecular weight is 445 g/mol. The molecule has 0 radical (unpaired) electrons. The van der Waals surface area contributed by atoms with E-state index in [0.29, 0.717) is 16.9 Å². The van der Waals surface area contributed by atoms with Crippen molar-refractivity contribution in [2.75, 3.05) is 14.2 Å². The molecule has 3 aromatic carbocycles. The SMILES string of the molecule is COc1ccc(/C(O)=C2\C(=O)C(=O)N(Cc3ccccc3)C2c2ccc(O)c(OC)c2)cc1. The molecule has 1 fully saturated rings. The quantitative estimate of drug-likeness (QED) is 0.338. The molecule has 3 aromatic rings. The van der Waals surface area contributed by atoms with Crippen LogP contribution in [0.4, 0.5) is 0 Å². The van der Waals surface area contributed by atoms with Crippen molar-refractivity contribution in [1.29, 1.82) is 0 Å². The van der Waals surface area contributed by atoms with Gasteiger partial charge in [-0.1, -0.05) is 36.4 Å². The summed E-state index contributed by atoms with van der Waals surface area (Å²) in [4.78, 5) is 27.6. The van der Waals surface area contributed by atoms with E-state index in [1.54, 1.807) is 36.4 Å². The second kappa shape index (κ2) is 9.08. The minimum Gasteiger partial charge on any atom is -0.507 e. The maximum absolute atomic E-state index is 13.1. The van der Waals surface area contributed by atoms with E-state index < -0.39 is 17.7 Å². The molecule has 2 N–H and O–H groups in total. The van der Waals surface area contributed by atoms with E-state index >= 15 is 0 Å². The number of ketones is 1. The summed E-state index contributed by atoms with van der Waals surface area (Å²) >= 11 is 0. The van der Waals surface area contributed by atoms with Crippen LogP contribution in [-0.4, -0.2) is 41.0 Å². The van der Waals surface area contributed by atoms with Crippen LogP contribution in [0.2, 0.25) is 0 Å². The van der Waals surface area contributed by atoms with Gasteiger partial charge in [-0.2, -0.15) is 0 Å². The molecule has 7 nitrogen and oxygen atoms in total. The number of aliphatic hydroxyl groups is 1. The highest BCUT2D eigenvalue weighted by Crippen LogP contribution is 2.42. The highest BCUT2D eigenvalue weighted by Gasteiger charge is 2.46. The van der Waals surface area contributed by atoms with E-state index in [1.165, 1.54) is 25.2 Å². The summed E-state index contributed by atoms with van der Waals surface area (Å²) in [6.45, 7) is 0.165. The number of carbonyl (C=O) groups excluding carboxylic acids is 2. The summed E-state index contributed by atoms with van der Waals surface area (Å²) < 4.78 is 10.4. The second-order valence-corrected chi connectivity index (χ2v) is 7.57. The molecule has 1 aliphatic heterocycles. The van der Waals surface area contributed by atoms with Gasteiger partial charge in [0.1, 0.15) is 11.5 Å². The number of aromatic hydroxyl groups is 1. The second-order valence-electron chi connectivity index (χ2n) is 7.57. The number of carbonyl (C=O) groups is 2. The number of likely N-dealkylation sites (tertiary alicyclic amines) is 1. The Morgan fingerprint density at radius 2 is 1.64 bits per heavy atom. The number of phenolic OH excluding ortho intramolecular Hbond substituents is 1. The van der Waals surface area contributed by atoms with Crippen molar-refractivity contribution in [3.8, 4) is 17.2 Å². The van der Waals surface area contributed by atoms with E-state index in [4.69, 9.17) is 9.47 Å². The lowest BCUT2D eigenvalue weighted by molar-refractivity contribution is -0.140. The third-order valence-electron chi connectivity index (χ3n) is 5.62. The Labute approximate surface area is 191 Å². The molecule has 4 rings (SSSR count). The predicted molar refractivity (Wildman–Crippen MR) is 122 cm³/mol. The van der Waals surface area contributed by atoms with Gasteiger partial charge >= 0.3 is 0 Å². The number of rotatable bonds is 6. The minimum absolute atomic E-state index is 0.0335. The molecule has 1 saturated heterocycles. The van der Waals surface area contributed by atoms with Crippen molar-refractivity contribution >= 4 is 17.4 Å². The van der Waals surface area contributed by atoms with Crippen LogP contribution >= 0.6 is 0 Å². The highest BCUT2D eigenvalue weighted by atomic mass is 16.5. The minimum atomic E-state index is -0.873. The van der Waals surface area contributed by atoms with Crippen LogP contribution < -0.4 is 9.47 Å². The zero-order valence-electron chi connectivity index (χ0n) is 18.2. The van der Waals surface area contributed by atoms with Crippen LogP contribution in [0.5, 0.6) is 17.2 Å². The summed E-state index contributed by atoms with van der Waals surface area (Å²) in [7, 11) is 2.94. The number of phenols is 1. The maximum Gasteiger partial charge on any atom is 0.295 e. The van der Waals surface area contributed by atoms with Gasteiger partial charge in [0.05, 0.1) is 25.8 Å². The first-order valence-corrected chi connectivity index (χ1v) is 10.3. The predicted octanol–water partition coefficient (Wildman–Crippen LogP) is 4.03. The molecule has 0 aliphatic carbocycles. The molecular weight excluding hydrogens is 422 g/mol. The van der Waals surface area contributed by atoms with E-state index in [0.717, 1.165) is 5.56 Å². The van der Waals surface area contributed by atoms with Crippen molar-refractivity contribution in [3.63, 3.8) is 0 Å². The molecule has 0 spiro atoms. The van der Waals surface area contributed by atoms with Gasteiger partial charge in [-0.3, -0.25) is 9.59 Å². The zero-order chi connectivity index (χ0) is 23.5. The number of Topliss-reactive ketones (excluding diaryl/α,β-unsaturated/α-hetero) is 1. The van der Waals surface area contributed by atoms with E-state index in [1.807, 2.05) is 30.3 Å². The van der Waals surface area contributed by atoms with E-state index in [-0.39, 0.29) is 29.4 Å². The highest BCUT2D eigenvalue weighted by molar-refractivity contribution is 6.46. The molecule has 1 heterocycles. The van der Waals surface area contributed by atoms with Gasteiger partial charge in [-0.15, -0.1) is 0 Å². The number of hydrogen-bond donors (Lipinski definition) is 2. The first kappa shape index (κ1) is 22.0. The lowest BCUT2D eigenvalue weighted by Crippen LogP contribution is -2.29. The van der Waals surface area contributed by atoms with E-state index in [9.17, 15) is 19.8 Å². The number of hydrogen-bond acceptors (Lipinski definition) is 6. The van der Waals surface area contributed by atoms with Gasteiger partial charge in [0, 0.05) is 12.1 Å². The Bertz CT molecular complexity index is 1220. The number of nitrogens with zero attached hydrogens (tertiary/aromatic N) is 1. The fourth-order valence-electron chi connectivity index (χ4n) is 3.94. The van der Waals surface area contributed by atoms with Crippen LogP contribution in [0.1, 0.15) is 22.7 Å². The molecule has 168 valence electrons.